The SMILES string of the molecule is CCOC(=O)[C@@]12C[C@H]1/C=C\CCCCN(C)C(=O)N[C@@H](CCOc1cc(-c3ccccc3)nc3cc(OC)ccc13)C(=O)N2. The molecule has 5 rings (SSSR count). The molecule has 10 heteroatoms. The summed E-state index contributed by atoms with van der Waals surface area (Å²) in [6, 6.07) is 16.0. The fourth-order valence-corrected chi connectivity index (χ4v) is 5.48. The first kappa shape index (κ1) is 30.8. The Bertz CT molecular complexity index is 1530. The lowest BCUT2D eigenvalue weighted by Gasteiger charge is -2.26. The number of nitrogens with zero attached hydrogens (tertiary/aromatic N) is 2. The van der Waals surface area contributed by atoms with Gasteiger partial charge in [-0.15, -0.1) is 0 Å². The number of carbonyl (C=O) groups excluding carboxylic acids is 3. The fraction of sp³-hybridized carbons (Fsp3) is 0.412. The van der Waals surface area contributed by atoms with Crippen LogP contribution < -0.4 is 20.1 Å². The summed E-state index contributed by atoms with van der Waals surface area (Å²) in [5, 5.41) is 6.60. The zero-order chi connectivity index (χ0) is 31.1. The minimum absolute atomic E-state index is 0.122. The number of hydrogen-bond acceptors (Lipinski definition) is 7. The van der Waals surface area contributed by atoms with Crippen molar-refractivity contribution < 1.29 is 28.6 Å². The van der Waals surface area contributed by atoms with Crippen molar-refractivity contribution in [1.29, 1.82) is 0 Å². The Morgan fingerprint density at radius 1 is 1.11 bits per heavy atom. The molecule has 0 spiro atoms. The van der Waals surface area contributed by atoms with E-state index in [1.54, 1.807) is 26.0 Å². The molecule has 2 aromatic carbocycles. The van der Waals surface area contributed by atoms with E-state index < -0.39 is 23.5 Å². The molecule has 2 aliphatic rings. The number of amides is 3. The predicted molar refractivity (Wildman–Crippen MR) is 167 cm³/mol. The number of allylic oxidation sites excluding steroid dienone is 1. The topological polar surface area (TPSA) is 119 Å². The van der Waals surface area contributed by atoms with E-state index in [2.05, 4.69) is 10.6 Å². The number of rotatable bonds is 8. The van der Waals surface area contributed by atoms with Crippen LogP contribution in [0.3, 0.4) is 0 Å². The zero-order valence-electron chi connectivity index (χ0n) is 25.5. The second-order valence-corrected chi connectivity index (χ2v) is 11.2. The number of carbonyl (C=O) groups is 3. The molecule has 3 amide bonds. The number of aromatic nitrogens is 1. The third-order valence-electron chi connectivity index (χ3n) is 8.16. The number of urea groups is 1. The van der Waals surface area contributed by atoms with E-state index in [0.29, 0.717) is 30.0 Å². The number of hydrogen-bond donors (Lipinski definition) is 2. The molecule has 2 N–H and O–H groups in total. The van der Waals surface area contributed by atoms with E-state index in [-0.39, 0.29) is 31.6 Å². The highest BCUT2D eigenvalue weighted by atomic mass is 16.5. The molecule has 1 saturated carbocycles. The van der Waals surface area contributed by atoms with Gasteiger partial charge in [0.25, 0.3) is 0 Å². The number of pyridine rings is 1. The number of esters is 1. The monoisotopic (exact) mass is 600 g/mol. The highest BCUT2D eigenvalue weighted by molar-refractivity contribution is 5.95. The standard InChI is InChI=1S/C34H40N4O6/c1-4-43-32(40)34-22-24(34)14-10-5-6-11-18-38(2)33(41)36-27(31(39)37-34)17-19-44-30-21-28(23-12-8-7-9-13-23)35-29-20-25(42-3)15-16-26(29)30/h7-10,12-16,20-21,24,27H,4-6,11,17-19,22H2,1-3H3,(H,36,41)(H,37,39)/b14-10-/t24-,27+,34-/m1/s1. The molecule has 1 aromatic heterocycles. The highest BCUT2D eigenvalue weighted by Crippen LogP contribution is 2.46. The number of ether oxygens (including phenoxy) is 3. The van der Waals surface area contributed by atoms with Crippen LogP contribution in [0.2, 0.25) is 0 Å². The van der Waals surface area contributed by atoms with Crippen molar-refractivity contribution in [1.82, 2.24) is 20.5 Å². The van der Waals surface area contributed by atoms with Crippen LogP contribution >= 0.6 is 0 Å². The minimum atomic E-state index is -1.13. The molecule has 44 heavy (non-hydrogen) atoms. The summed E-state index contributed by atoms with van der Waals surface area (Å²) in [6.45, 7) is 2.64. The minimum Gasteiger partial charge on any atom is -0.497 e. The molecule has 2 heterocycles. The highest BCUT2D eigenvalue weighted by Gasteiger charge is 2.61. The smallest absolute Gasteiger partial charge is 0.332 e. The second-order valence-electron chi connectivity index (χ2n) is 11.2. The van der Waals surface area contributed by atoms with E-state index in [4.69, 9.17) is 19.2 Å². The Kier molecular flexibility index (Phi) is 9.67. The van der Waals surface area contributed by atoms with Gasteiger partial charge in [0.15, 0.2) is 0 Å². The lowest BCUT2D eigenvalue weighted by Crippen LogP contribution is -2.56. The summed E-state index contributed by atoms with van der Waals surface area (Å²) in [6.07, 6.45) is 7.25. The largest absolute Gasteiger partial charge is 0.497 e. The van der Waals surface area contributed by atoms with Gasteiger partial charge in [0.2, 0.25) is 5.91 Å². The maximum absolute atomic E-state index is 13.7. The van der Waals surface area contributed by atoms with E-state index in [0.717, 1.165) is 35.9 Å². The summed E-state index contributed by atoms with van der Waals surface area (Å²) in [5.41, 5.74) is 1.24. The molecular weight excluding hydrogens is 560 g/mol. The van der Waals surface area contributed by atoms with Gasteiger partial charge in [-0.2, -0.15) is 0 Å². The van der Waals surface area contributed by atoms with Crippen molar-refractivity contribution >= 4 is 28.8 Å². The van der Waals surface area contributed by atoms with Crippen molar-refractivity contribution in [3.63, 3.8) is 0 Å². The molecule has 1 aliphatic heterocycles. The van der Waals surface area contributed by atoms with Crippen molar-refractivity contribution in [2.75, 3.05) is 33.9 Å². The van der Waals surface area contributed by atoms with Crippen LogP contribution in [-0.4, -0.2) is 73.3 Å². The molecule has 0 bridgehead atoms. The number of methoxy groups -OCH3 is 1. The Morgan fingerprint density at radius 3 is 2.70 bits per heavy atom. The Morgan fingerprint density at radius 2 is 1.93 bits per heavy atom. The van der Waals surface area contributed by atoms with Crippen LogP contribution in [0, 0.1) is 5.92 Å². The van der Waals surface area contributed by atoms with Crippen LogP contribution in [0.5, 0.6) is 11.5 Å². The van der Waals surface area contributed by atoms with Crippen molar-refractivity contribution in [3.05, 3.63) is 66.7 Å². The third kappa shape index (κ3) is 6.96. The van der Waals surface area contributed by atoms with Crippen molar-refractivity contribution in [2.24, 2.45) is 5.92 Å². The molecule has 0 saturated heterocycles. The maximum atomic E-state index is 13.7. The normalized spacial score (nSPS) is 23.0. The van der Waals surface area contributed by atoms with E-state index >= 15 is 0 Å². The third-order valence-corrected chi connectivity index (χ3v) is 8.16. The average Bonchev–Trinajstić information content (AvgIpc) is 3.74. The zero-order valence-corrected chi connectivity index (χ0v) is 25.5. The molecule has 3 atom stereocenters. The average molecular weight is 601 g/mol. The van der Waals surface area contributed by atoms with Gasteiger partial charge >= 0.3 is 12.0 Å². The first-order valence-electron chi connectivity index (χ1n) is 15.2. The number of nitrogens with one attached hydrogen (secondary N) is 2. The maximum Gasteiger partial charge on any atom is 0.332 e. The molecule has 232 valence electrons. The Labute approximate surface area is 257 Å². The first-order valence-corrected chi connectivity index (χ1v) is 15.2. The lowest BCUT2D eigenvalue weighted by molar-refractivity contribution is -0.149. The van der Waals surface area contributed by atoms with E-state index in [1.165, 1.54) is 0 Å². The van der Waals surface area contributed by atoms with E-state index in [1.807, 2.05) is 66.7 Å². The Hall–Kier alpha value is -4.60. The second kappa shape index (κ2) is 13.8. The van der Waals surface area contributed by atoms with Crippen molar-refractivity contribution in [3.8, 4) is 22.8 Å². The van der Waals surface area contributed by atoms with E-state index in [9.17, 15) is 14.4 Å². The van der Waals surface area contributed by atoms with Gasteiger partial charge in [0, 0.05) is 49.0 Å². The summed E-state index contributed by atoms with van der Waals surface area (Å²) < 4.78 is 17.1. The fourth-order valence-electron chi connectivity index (χ4n) is 5.48. The van der Waals surface area contributed by atoms with Crippen LogP contribution in [0.25, 0.3) is 22.2 Å². The summed E-state index contributed by atoms with van der Waals surface area (Å²) in [5.74, 6) is 0.205. The quantitative estimate of drug-likeness (QED) is 0.280. The molecule has 1 aliphatic carbocycles. The van der Waals surface area contributed by atoms with Crippen molar-refractivity contribution in [2.45, 2.75) is 50.6 Å². The van der Waals surface area contributed by atoms with Gasteiger partial charge in [0.1, 0.15) is 23.1 Å². The van der Waals surface area contributed by atoms with Gasteiger partial charge in [-0.25, -0.2) is 14.6 Å². The van der Waals surface area contributed by atoms with Gasteiger partial charge in [-0.3, -0.25) is 4.79 Å². The van der Waals surface area contributed by atoms with Gasteiger partial charge < -0.3 is 29.7 Å². The molecule has 1 fully saturated rings. The molecule has 3 aromatic rings. The van der Waals surface area contributed by atoms with Gasteiger partial charge in [0.05, 0.1) is 31.5 Å². The molecule has 0 radical (unpaired) electrons. The molecular formula is C34H40N4O6. The van der Waals surface area contributed by atoms with Crippen LogP contribution in [0.4, 0.5) is 4.79 Å². The molecule has 0 unspecified atom stereocenters. The van der Waals surface area contributed by atoms with Gasteiger partial charge in [-0.05, 0) is 44.7 Å². The van der Waals surface area contributed by atoms with Crippen LogP contribution in [0.1, 0.15) is 39.0 Å². The van der Waals surface area contributed by atoms with Crippen LogP contribution in [-0.2, 0) is 14.3 Å². The number of fused-ring (bicyclic) bond motifs is 2. The summed E-state index contributed by atoms with van der Waals surface area (Å²) in [7, 11) is 3.32. The number of benzene rings is 2. The van der Waals surface area contributed by atoms with Gasteiger partial charge in [-0.1, -0.05) is 42.5 Å². The first-order chi connectivity index (χ1) is 21.3. The summed E-state index contributed by atoms with van der Waals surface area (Å²) in [4.78, 5) is 46.2. The lowest BCUT2D eigenvalue weighted by atomic mass is 10.1. The molecule has 10 nitrogen and oxygen atoms in total. The Balaban J connectivity index is 1.39. The predicted octanol–water partition coefficient (Wildman–Crippen LogP) is 4.87. The summed E-state index contributed by atoms with van der Waals surface area (Å²) >= 11 is 0. The van der Waals surface area contributed by atoms with Crippen LogP contribution in [0.15, 0.2) is 66.7 Å².